The molecule has 2 aromatic carbocycles. The van der Waals surface area contributed by atoms with Gasteiger partial charge >= 0.3 is 0 Å². The summed E-state index contributed by atoms with van der Waals surface area (Å²) in [6.45, 7) is 2.14. The maximum Gasteiger partial charge on any atom is 0.226 e. The third-order valence-electron chi connectivity index (χ3n) is 5.06. The molecule has 6 heteroatoms. The van der Waals surface area contributed by atoms with Crippen LogP contribution in [0.25, 0.3) is 10.6 Å². The van der Waals surface area contributed by atoms with Gasteiger partial charge in [-0.1, -0.05) is 61.5 Å². The molecule has 1 N–H and O–H groups in total. The molecule has 0 aliphatic carbocycles. The molecule has 2 aromatic heterocycles. The van der Waals surface area contributed by atoms with Crippen molar-refractivity contribution in [3.8, 4) is 10.6 Å². The van der Waals surface area contributed by atoms with Crippen molar-refractivity contribution in [2.75, 3.05) is 0 Å². The minimum atomic E-state index is -0.307. The highest BCUT2D eigenvalue weighted by Crippen LogP contribution is 2.25. The Morgan fingerprint density at radius 1 is 1.13 bits per heavy atom. The molecule has 1 amide bonds. The molecule has 4 aromatic rings. The van der Waals surface area contributed by atoms with Crippen molar-refractivity contribution in [2.45, 2.75) is 25.8 Å². The van der Waals surface area contributed by atoms with E-state index < -0.39 is 0 Å². The summed E-state index contributed by atoms with van der Waals surface area (Å²) in [6, 6.07) is 18.0. The minimum absolute atomic E-state index is 0.0787. The summed E-state index contributed by atoms with van der Waals surface area (Å²) in [5.41, 5.74) is 4.16. The number of nitrogens with zero attached hydrogens (tertiary/aromatic N) is 3. The minimum Gasteiger partial charge on any atom is -0.342 e. The number of imidazole rings is 1. The first-order chi connectivity index (χ1) is 14.6. The third kappa shape index (κ3) is 4.49. The number of carbonyl (C=O) groups excluding carboxylic acids is 1. The standard InChI is InChI=1S/C24H24N4OS/c1-3-17-9-11-19(12-10-17)24-26-20(16-30-24)15-21(29)27-22(18-7-5-4-6-8-18)23-25-13-14-28(23)2/h4-14,16,22H,3,15H2,1-2H3,(H,27,29). The van der Waals surface area contributed by atoms with Crippen molar-refractivity contribution >= 4 is 17.2 Å². The fourth-order valence-electron chi connectivity index (χ4n) is 3.38. The highest BCUT2D eigenvalue weighted by Gasteiger charge is 2.21. The van der Waals surface area contributed by atoms with Gasteiger partial charge in [0.25, 0.3) is 0 Å². The van der Waals surface area contributed by atoms with Crippen molar-refractivity contribution in [3.63, 3.8) is 0 Å². The summed E-state index contributed by atoms with van der Waals surface area (Å²) < 4.78 is 1.93. The molecule has 30 heavy (non-hydrogen) atoms. The van der Waals surface area contributed by atoms with Gasteiger partial charge < -0.3 is 9.88 Å². The number of carbonyl (C=O) groups is 1. The Balaban J connectivity index is 1.49. The molecular weight excluding hydrogens is 392 g/mol. The highest BCUT2D eigenvalue weighted by atomic mass is 32.1. The molecule has 1 unspecified atom stereocenters. The molecule has 152 valence electrons. The van der Waals surface area contributed by atoms with Crippen molar-refractivity contribution in [3.05, 3.63) is 95.0 Å². The van der Waals surface area contributed by atoms with Gasteiger partial charge in [0.15, 0.2) is 0 Å². The van der Waals surface area contributed by atoms with Crippen LogP contribution in [0.1, 0.15) is 35.6 Å². The number of thiazole rings is 1. The Morgan fingerprint density at radius 3 is 2.57 bits per heavy atom. The number of aryl methyl sites for hydroxylation is 2. The second-order valence-corrected chi connectivity index (χ2v) is 8.04. The number of benzene rings is 2. The van der Waals surface area contributed by atoms with Crippen LogP contribution in [0.4, 0.5) is 0 Å². The van der Waals surface area contributed by atoms with Crippen LogP contribution in [0, 0.1) is 0 Å². The highest BCUT2D eigenvalue weighted by molar-refractivity contribution is 7.13. The van der Waals surface area contributed by atoms with E-state index in [0.29, 0.717) is 0 Å². The summed E-state index contributed by atoms with van der Waals surface area (Å²) in [6.07, 6.45) is 4.88. The van der Waals surface area contributed by atoms with E-state index in [1.807, 2.05) is 53.5 Å². The van der Waals surface area contributed by atoms with Gasteiger partial charge in [0, 0.05) is 30.4 Å². The van der Waals surface area contributed by atoms with Gasteiger partial charge in [0.1, 0.15) is 16.9 Å². The van der Waals surface area contributed by atoms with Crippen molar-refractivity contribution < 1.29 is 4.79 Å². The summed E-state index contributed by atoms with van der Waals surface area (Å²) in [4.78, 5) is 22.0. The number of nitrogens with one attached hydrogen (secondary N) is 1. The molecule has 4 rings (SSSR count). The quantitative estimate of drug-likeness (QED) is 0.481. The molecule has 5 nitrogen and oxygen atoms in total. The molecule has 0 saturated heterocycles. The summed E-state index contributed by atoms with van der Waals surface area (Å²) in [5, 5.41) is 6.03. The average Bonchev–Trinajstić information content (AvgIpc) is 3.42. The predicted octanol–water partition coefficient (Wildman–Crippen LogP) is 4.55. The molecule has 0 saturated carbocycles. The van der Waals surface area contributed by atoms with E-state index in [1.54, 1.807) is 17.5 Å². The summed E-state index contributed by atoms with van der Waals surface area (Å²) in [5.74, 6) is 0.717. The third-order valence-corrected chi connectivity index (χ3v) is 6.00. The smallest absolute Gasteiger partial charge is 0.226 e. The van der Waals surface area contributed by atoms with E-state index in [-0.39, 0.29) is 18.4 Å². The Labute approximate surface area is 180 Å². The Hall–Kier alpha value is -3.25. The van der Waals surface area contributed by atoms with Crippen LogP contribution < -0.4 is 5.32 Å². The van der Waals surface area contributed by atoms with Crippen LogP contribution in [0.2, 0.25) is 0 Å². The van der Waals surface area contributed by atoms with E-state index in [2.05, 4.69) is 46.5 Å². The first-order valence-corrected chi connectivity index (χ1v) is 10.9. The molecule has 0 aliphatic heterocycles. The van der Waals surface area contributed by atoms with Crippen molar-refractivity contribution in [2.24, 2.45) is 7.05 Å². The van der Waals surface area contributed by atoms with Crippen LogP contribution >= 0.6 is 11.3 Å². The average molecular weight is 417 g/mol. The van der Waals surface area contributed by atoms with Gasteiger partial charge in [0.05, 0.1) is 12.1 Å². The van der Waals surface area contributed by atoms with E-state index in [1.165, 1.54) is 5.56 Å². The number of amides is 1. The topological polar surface area (TPSA) is 59.8 Å². The molecule has 0 fully saturated rings. The lowest BCUT2D eigenvalue weighted by molar-refractivity contribution is -0.121. The fraction of sp³-hybridized carbons (Fsp3) is 0.208. The number of aromatic nitrogens is 3. The second kappa shape index (κ2) is 9.05. The number of rotatable bonds is 7. The Kier molecular flexibility index (Phi) is 6.05. The van der Waals surface area contributed by atoms with Crippen LogP contribution in [0.5, 0.6) is 0 Å². The van der Waals surface area contributed by atoms with E-state index >= 15 is 0 Å². The molecule has 0 aliphatic rings. The van der Waals surface area contributed by atoms with Crippen molar-refractivity contribution in [1.82, 2.24) is 19.9 Å². The van der Waals surface area contributed by atoms with Gasteiger partial charge in [0.2, 0.25) is 5.91 Å². The zero-order chi connectivity index (χ0) is 20.9. The fourth-order valence-corrected chi connectivity index (χ4v) is 4.20. The first kappa shape index (κ1) is 20.0. The normalized spacial score (nSPS) is 11.9. The first-order valence-electron chi connectivity index (χ1n) is 9.99. The lowest BCUT2D eigenvalue weighted by atomic mass is 10.1. The van der Waals surface area contributed by atoms with Crippen LogP contribution in [-0.4, -0.2) is 20.4 Å². The predicted molar refractivity (Wildman–Crippen MR) is 120 cm³/mol. The van der Waals surface area contributed by atoms with E-state index in [0.717, 1.165) is 34.1 Å². The number of hydrogen-bond acceptors (Lipinski definition) is 4. The second-order valence-electron chi connectivity index (χ2n) is 7.18. The maximum absolute atomic E-state index is 12.8. The molecule has 0 bridgehead atoms. The van der Waals surface area contributed by atoms with E-state index in [4.69, 9.17) is 0 Å². The van der Waals surface area contributed by atoms with Gasteiger partial charge in [-0.3, -0.25) is 4.79 Å². The van der Waals surface area contributed by atoms with Gasteiger partial charge in [-0.05, 0) is 17.5 Å². The Morgan fingerprint density at radius 2 is 1.90 bits per heavy atom. The molecule has 2 heterocycles. The molecular formula is C24H24N4OS. The van der Waals surface area contributed by atoms with E-state index in [9.17, 15) is 4.79 Å². The van der Waals surface area contributed by atoms with Gasteiger partial charge in [-0.15, -0.1) is 11.3 Å². The monoisotopic (exact) mass is 416 g/mol. The Bertz CT molecular complexity index is 1120. The number of hydrogen-bond donors (Lipinski definition) is 1. The lowest BCUT2D eigenvalue weighted by Gasteiger charge is -2.19. The van der Waals surface area contributed by atoms with Crippen molar-refractivity contribution in [1.29, 1.82) is 0 Å². The zero-order valence-corrected chi connectivity index (χ0v) is 17.9. The lowest BCUT2D eigenvalue weighted by Crippen LogP contribution is -2.32. The molecule has 1 atom stereocenters. The van der Waals surface area contributed by atoms with Gasteiger partial charge in [-0.2, -0.15) is 0 Å². The summed E-state index contributed by atoms with van der Waals surface area (Å²) >= 11 is 1.57. The SMILES string of the molecule is CCc1ccc(-c2nc(CC(=O)NC(c3ccccc3)c3nccn3C)cs2)cc1. The van der Waals surface area contributed by atoms with Gasteiger partial charge in [-0.25, -0.2) is 9.97 Å². The maximum atomic E-state index is 12.8. The zero-order valence-electron chi connectivity index (χ0n) is 17.1. The molecule has 0 radical (unpaired) electrons. The van der Waals surface area contributed by atoms with Crippen LogP contribution in [0.15, 0.2) is 72.4 Å². The van der Waals surface area contributed by atoms with Crippen LogP contribution in [0.3, 0.4) is 0 Å². The van der Waals surface area contributed by atoms with Crippen LogP contribution in [-0.2, 0) is 24.7 Å². The molecule has 0 spiro atoms. The largest absolute Gasteiger partial charge is 0.342 e. The summed E-state index contributed by atoms with van der Waals surface area (Å²) in [7, 11) is 1.93.